The molecule has 0 aromatic carbocycles. The molecule has 2 rings (SSSR count). The average molecular weight is 374 g/mol. The summed E-state index contributed by atoms with van der Waals surface area (Å²) in [6.07, 6.45) is 2.37. The van der Waals surface area contributed by atoms with Crippen LogP contribution in [0.2, 0.25) is 0 Å². The smallest absolute Gasteiger partial charge is 0.250 e. The lowest BCUT2D eigenvalue weighted by molar-refractivity contribution is 0.273. The first-order chi connectivity index (χ1) is 11.4. The Balaban J connectivity index is 1.70. The Morgan fingerprint density at radius 2 is 2.25 bits per heavy atom. The summed E-state index contributed by atoms with van der Waals surface area (Å²) in [5.74, 6) is 0.365. The monoisotopic (exact) mass is 373 g/mol. The van der Waals surface area contributed by atoms with Gasteiger partial charge >= 0.3 is 0 Å². The maximum atomic E-state index is 12.1. The number of rotatable bonds is 8. The Bertz CT molecular complexity index is 657. The molecule has 4 N–H and O–H groups in total. The first kappa shape index (κ1) is 19.2. The van der Waals surface area contributed by atoms with Gasteiger partial charge in [-0.05, 0) is 45.0 Å². The Morgan fingerprint density at radius 3 is 2.92 bits per heavy atom. The number of aryl methyl sites for hydroxylation is 1. The molecule has 1 saturated heterocycles. The van der Waals surface area contributed by atoms with Crippen molar-refractivity contribution in [3.05, 3.63) is 17.0 Å². The Labute approximate surface area is 148 Å². The number of nitrogens with two attached hydrogens (primary N) is 1. The van der Waals surface area contributed by atoms with E-state index in [9.17, 15) is 8.42 Å². The number of sulfonamides is 1. The van der Waals surface area contributed by atoms with Crippen molar-refractivity contribution >= 4 is 27.3 Å². The molecule has 1 atom stereocenters. The van der Waals surface area contributed by atoms with E-state index in [1.54, 1.807) is 12.1 Å². The van der Waals surface area contributed by atoms with Crippen LogP contribution >= 0.6 is 11.3 Å². The number of likely N-dealkylation sites (tertiary alicyclic amines) is 1. The highest BCUT2D eigenvalue weighted by Crippen LogP contribution is 2.20. The summed E-state index contributed by atoms with van der Waals surface area (Å²) >= 11 is 1.26. The third-order valence-electron chi connectivity index (χ3n) is 4.08. The van der Waals surface area contributed by atoms with Crippen molar-refractivity contribution < 1.29 is 8.42 Å². The lowest BCUT2D eigenvalue weighted by atomic mass is 10.2. The van der Waals surface area contributed by atoms with Gasteiger partial charge in [-0.3, -0.25) is 9.89 Å². The molecule has 0 radical (unpaired) electrons. The topological polar surface area (TPSA) is 99.8 Å². The molecule has 0 aliphatic carbocycles. The Hall–Kier alpha value is -1.16. The van der Waals surface area contributed by atoms with Gasteiger partial charge in [-0.25, -0.2) is 13.1 Å². The van der Waals surface area contributed by atoms with E-state index in [-0.39, 0.29) is 6.54 Å². The van der Waals surface area contributed by atoms with Crippen molar-refractivity contribution in [3.63, 3.8) is 0 Å². The third kappa shape index (κ3) is 5.44. The van der Waals surface area contributed by atoms with Gasteiger partial charge in [0.05, 0.1) is 6.54 Å². The molecule has 0 bridgehead atoms. The van der Waals surface area contributed by atoms with Gasteiger partial charge < -0.3 is 11.1 Å². The molecule has 0 amide bonds. The zero-order chi connectivity index (χ0) is 17.6. The second-order valence-corrected chi connectivity index (χ2v) is 9.12. The molecule has 24 heavy (non-hydrogen) atoms. The van der Waals surface area contributed by atoms with Crippen LogP contribution in [0.15, 0.2) is 21.3 Å². The van der Waals surface area contributed by atoms with Crippen molar-refractivity contribution in [2.45, 2.75) is 36.9 Å². The van der Waals surface area contributed by atoms with Gasteiger partial charge in [0, 0.05) is 24.0 Å². The standard InChI is InChI=1S/C15H27N5O2S2/c1-3-20-10-4-5-13(20)11-18-15(16)17-8-9-19-24(21,22)14-7-6-12(2)23-14/h6-7,13,19H,3-5,8-11H2,1-2H3,(H3,16,17,18). The van der Waals surface area contributed by atoms with Crippen LogP contribution in [0, 0.1) is 6.92 Å². The highest BCUT2D eigenvalue weighted by atomic mass is 32.2. The van der Waals surface area contributed by atoms with Gasteiger partial charge in [0.1, 0.15) is 4.21 Å². The number of aliphatic imine (C=N–C) groups is 1. The number of likely N-dealkylation sites (N-methyl/N-ethyl adjacent to an activating group) is 1. The van der Waals surface area contributed by atoms with Gasteiger partial charge in [-0.1, -0.05) is 6.92 Å². The fourth-order valence-electron chi connectivity index (χ4n) is 2.78. The van der Waals surface area contributed by atoms with Crippen molar-refractivity contribution in [2.75, 3.05) is 32.7 Å². The van der Waals surface area contributed by atoms with Crippen LogP contribution in [0.25, 0.3) is 0 Å². The number of nitrogens with one attached hydrogen (secondary N) is 2. The molecule has 1 unspecified atom stereocenters. The highest BCUT2D eigenvalue weighted by molar-refractivity contribution is 7.91. The van der Waals surface area contributed by atoms with Crippen molar-refractivity contribution in [3.8, 4) is 0 Å². The van der Waals surface area contributed by atoms with Crippen molar-refractivity contribution in [1.82, 2.24) is 14.9 Å². The molecule has 1 fully saturated rings. The molecule has 9 heteroatoms. The summed E-state index contributed by atoms with van der Waals surface area (Å²) in [5, 5.41) is 2.95. The minimum absolute atomic E-state index is 0.264. The molecule has 1 aliphatic heterocycles. The third-order valence-corrected chi connectivity index (χ3v) is 7.03. The Morgan fingerprint density at radius 1 is 1.46 bits per heavy atom. The van der Waals surface area contributed by atoms with Crippen LogP contribution < -0.4 is 15.8 Å². The van der Waals surface area contributed by atoms with Gasteiger partial charge in [0.2, 0.25) is 10.0 Å². The van der Waals surface area contributed by atoms with E-state index in [1.165, 1.54) is 17.8 Å². The molecule has 2 heterocycles. The van der Waals surface area contributed by atoms with Crippen LogP contribution in [-0.2, 0) is 10.0 Å². The van der Waals surface area contributed by atoms with E-state index in [0.29, 0.717) is 29.3 Å². The maximum absolute atomic E-state index is 12.1. The molecule has 1 aromatic heterocycles. The fourth-order valence-corrected chi connectivity index (χ4v) is 5.14. The summed E-state index contributed by atoms with van der Waals surface area (Å²) in [4.78, 5) is 7.75. The molecule has 0 saturated carbocycles. The molecule has 0 spiro atoms. The summed E-state index contributed by atoms with van der Waals surface area (Å²) in [5.41, 5.74) is 5.85. The number of hydrogen-bond donors (Lipinski definition) is 3. The van der Waals surface area contributed by atoms with Gasteiger partial charge in [0.25, 0.3) is 0 Å². The quantitative estimate of drug-likeness (QED) is 0.354. The summed E-state index contributed by atoms with van der Waals surface area (Å²) < 4.78 is 27.0. The van der Waals surface area contributed by atoms with E-state index in [4.69, 9.17) is 5.73 Å². The zero-order valence-corrected chi connectivity index (χ0v) is 15.9. The molecule has 7 nitrogen and oxygen atoms in total. The lowest BCUT2D eigenvalue weighted by Gasteiger charge is -2.20. The molecular formula is C15H27N5O2S2. The van der Waals surface area contributed by atoms with Crippen molar-refractivity contribution in [2.24, 2.45) is 10.7 Å². The number of thiophene rings is 1. The van der Waals surface area contributed by atoms with Crippen molar-refractivity contribution in [1.29, 1.82) is 0 Å². The first-order valence-corrected chi connectivity index (χ1v) is 10.6. The van der Waals surface area contributed by atoms with Gasteiger partial charge in [0.15, 0.2) is 5.96 Å². The molecule has 136 valence electrons. The highest BCUT2D eigenvalue weighted by Gasteiger charge is 2.22. The minimum Gasteiger partial charge on any atom is -0.370 e. The predicted octanol–water partition coefficient (Wildman–Crippen LogP) is 0.723. The lowest BCUT2D eigenvalue weighted by Crippen LogP contribution is -2.39. The molecule has 1 aromatic rings. The van der Waals surface area contributed by atoms with Crippen LogP contribution in [0.4, 0.5) is 0 Å². The number of nitrogens with zero attached hydrogens (tertiary/aromatic N) is 2. The summed E-state index contributed by atoms with van der Waals surface area (Å²) in [6, 6.07) is 3.88. The average Bonchev–Trinajstić information content (AvgIpc) is 3.18. The van der Waals surface area contributed by atoms with E-state index in [2.05, 4.69) is 26.9 Å². The van der Waals surface area contributed by atoms with E-state index >= 15 is 0 Å². The van der Waals surface area contributed by atoms with Gasteiger partial charge in [-0.15, -0.1) is 11.3 Å². The van der Waals surface area contributed by atoms with Crippen LogP contribution in [0.5, 0.6) is 0 Å². The van der Waals surface area contributed by atoms with Gasteiger partial charge in [-0.2, -0.15) is 0 Å². The second kappa shape index (κ2) is 8.80. The zero-order valence-electron chi connectivity index (χ0n) is 14.3. The van der Waals surface area contributed by atoms with Crippen LogP contribution in [-0.4, -0.2) is 58.0 Å². The van der Waals surface area contributed by atoms with Crippen LogP contribution in [0.1, 0.15) is 24.6 Å². The molecular weight excluding hydrogens is 346 g/mol. The Kier molecular flexibility index (Phi) is 7.02. The number of guanidine groups is 1. The number of hydrogen-bond acceptors (Lipinski definition) is 5. The van der Waals surface area contributed by atoms with Crippen LogP contribution in [0.3, 0.4) is 0 Å². The summed E-state index contributed by atoms with van der Waals surface area (Å²) in [6.45, 7) is 7.57. The second-order valence-electron chi connectivity index (χ2n) is 5.84. The maximum Gasteiger partial charge on any atom is 0.250 e. The normalized spacial score (nSPS) is 19.8. The predicted molar refractivity (Wildman–Crippen MR) is 99.0 cm³/mol. The van der Waals surface area contributed by atoms with E-state index in [1.807, 2.05) is 6.92 Å². The largest absolute Gasteiger partial charge is 0.370 e. The first-order valence-electron chi connectivity index (χ1n) is 8.26. The summed E-state index contributed by atoms with van der Waals surface area (Å²) in [7, 11) is -3.43. The van der Waals surface area contributed by atoms with E-state index < -0.39 is 10.0 Å². The minimum atomic E-state index is -3.43. The SMILES string of the molecule is CCN1CCCC1CN=C(N)NCCNS(=O)(=O)c1ccc(C)s1. The molecule has 1 aliphatic rings. The van der Waals surface area contributed by atoms with E-state index in [0.717, 1.165) is 24.4 Å². The fraction of sp³-hybridized carbons (Fsp3) is 0.667.